The fourth-order valence-corrected chi connectivity index (χ4v) is 3.53. The molecule has 2 N–H and O–H groups in total. The highest BCUT2D eigenvalue weighted by Gasteiger charge is 2.30. The van der Waals surface area contributed by atoms with E-state index in [1.165, 1.54) is 12.1 Å². The van der Waals surface area contributed by atoms with Crippen molar-refractivity contribution >= 4 is 21.1 Å². The highest BCUT2D eigenvalue weighted by atomic mass is 32.2. The van der Waals surface area contributed by atoms with Crippen molar-refractivity contribution in [3.8, 4) is 11.5 Å². The zero-order valence-corrected chi connectivity index (χ0v) is 15.8. The van der Waals surface area contributed by atoms with E-state index in [-0.39, 0.29) is 17.2 Å². The number of hydrogen-bond acceptors (Lipinski definition) is 5. The van der Waals surface area contributed by atoms with Crippen LogP contribution in [0.25, 0.3) is 0 Å². The zero-order valence-electron chi connectivity index (χ0n) is 15.0. The number of alkyl halides is 3. The summed E-state index contributed by atoms with van der Waals surface area (Å²) >= 11 is 0. The van der Waals surface area contributed by atoms with Crippen LogP contribution in [0.4, 0.5) is 13.2 Å². The molecule has 2 aromatic rings. The molecule has 10 heteroatoms. The molecule has 1 saturated heterocycles. The van der Waals surface area contributed by atoms with Crippen molar-refractivity contribution in [3.63, 3.8) is 0 Å². The van der Waals surface area contributed by atoms with Gasteiger partial charge in [-0.2, -0.15) is 21.6 Å². The van der Waals surface area contributed by atoms with E-state index >= 15 is 0 Å². The Balaban J connectivity index is 1.62. The van der Waals surface area contributed by atoms with Crippen LogP contribution in [0.2, 0.25) is 0 Å². The molecule has 0 aromatic heterocycles. The maximum absolute atomic E-state index is 12.6. The Morgan fingerprint density at radius 2 is 1.86 bits per heavy atom. The normalized spacial score (nSPS) is 16.5. The van der Waals surface area contributed by atoms with Crippen molar-refractivity contribution < 1.29 is 31.1 Å². The molecular weight excluding hydrogens is 409 g/mol. The van der Waals surface area contributed by atoms with Crippen LogP contribution in [0.15, 0.2) is 48.5 Å². The van der Waals surface area contributed by atoms with E-state index in [2.05, 4.69) is 10.6 Å². The highest BCUT2D eigenvalue weighted by Crippen LogP contribution is 2.31. The molecule has 29 heavy (non-hydrogen) atoms. The topological polar surface area (TPSA) is 84.5 Å². The number of carbonyl (C=O) groups excluding carboxylic acids is 1. The highest BCUT2D eigenvalue weighted by molar-refractivity contribution is 7.73. The minimum absolute atomic E-state index is 0.127. The van der Waals surface area contributed by atoms with E-state index in [0.29, 0.717) is 24.3 Å². The van der Waals surface area contributed by atoms with Gasteiger partial charge in [0.05, 0.1) is 10.4 Å². The molecule has 3 rings (SSSR count). The second-order valence-electron chi connectivity index (χ2n) is 6.33. The molecular formula is C19H17F3N2O4S. The summed E-state index contributed by atoms with van der Waals surface area (Å²) in [6.45, 7) is 0.553. The predicted octanol–water partition coefficient (Wildman–Crippen LogP) is 2.53. The van der Waals surface area contributed by atoms with Gasteiger partial charge in [-0.15, -0.1) is 0 Å². The standard InChI is InChI=1S/C19H17F3N2O4S/c20-19(21,22)13-4-6-14(7-5-13)28-15-3-1-2-12(10-15)11-24-18(25)17-16(29(26)27)8-9-23-17/h1-7,10,17,23H,8-9,11H2,(H,24,25). The Kier molecular flexibility index (Phi) is 6.23. The molecule has 0 bridgehead atoms. The summed E-state index contributed by atoms with van der Waals surface area (Å²) in [7, 11) is -2.42. The lowest BCUT2D eigenvalue weighted by atomic mass is 10.2. The van der Waals surface area contributed by atoms with E-state index in [0.717, 1.165) is 12.1 Å². The van der Waals surface area contributed by atoms with Crippen LogP contribution in [0.3, 0.4) is 0 Å². The van der Waals surface area contributed by atoms with Gasteiger partial charge >= 0.3 is 6.18 Å². The van der Waals surface area contributed by atoms with Gasteiger partial charge in [0.2, 0.25) is 16.2 Å². The van der Waals surface area contributed by atoms with Crippen LogP contribution < -0.4 is 15.4 Å². The summed E-state index contributed by atoms with van der Waals surface area (Å²) in [4.78, 5) is 12.4. The Morgan fingerprint density at radius 1 is 1.14 bits per heavy atom. The van der Waals surface area contributed by atoms with Gasteiger partial charge in [0.1, 0.15) is 17.5 Å². The van der Waals surface area contributed by atoms with Crippen molar-refractivity contribution in [2.24, 2.45) is 0 Å². The van der Waals surface area contributed by atoms with E-state index < -0.39 is 34.0 Å². The SMILES string of the molecule is O=C(NCc1cccc(Oc2ccc(C(F)(F)F)cc2)c1)C1NCCC1=S(=O)=O. The molecule has 1 heterocycles. The number of carbonyl (C=O) groups is 1. The Morgan fingerprint density at radius 3 is 2.52 bits per heavy atom. The Labute approximate surface area is 166 Å². The fourth-order valence-electron chi connectivity index (χ4n) is 2.87. The van der Waals surface area contributed by atoms with Gasteiger partial charge in [0.25, 0.3) is 0 Å². The molecule has 0 saturated carbocycles. The number of halogens is 3. The predicted molar refractivity (Wildman–Crippen MR) is 100 cm³/mol. The minimum atomic E-state index is -4.42. The van der Waals surface area contributed by atoms with Gasteiger partial charge in [-0.05, 0) is 48.4 Å². The van der Waals surface area contributed by atoms with E-state index in [1.54, 1.807) is 24.3 Å². The number of ether oxygens (including phenoxy) is 1. The first-order chi connectivity index (χ1) is 13.7. The molecule has 1 aliphatic rings. The monoisotopic (exact) mass is 426 g/mol. The van der Waals surface area contributed by atoms with Gasteiger partial charge in [0.15, 0.2) is 0 Å². The lowest BCUT2D eigenvalue weighted by Gasteiger charge is -2.12. The first kappa shape index (κ1) is 20.9. The number of benzene rings is 2. The zero-order chi connectivity index (χ0) is 21.0. The van der Waals surface area contributed by atoms with Crippen molar-refractivity contribution in [1.82, 2.24) is 10.6 Å². The summed E-state index contributed by atoms with van der Waals surface area (Å²) in [6.07, 6.45) is -4.12. The summed E-state index contributed by atoms with van der Waals surface area (Å²) < 4.78 is 65.7. The average Bonchev–Trinajstić information content (AvgIpc) is 3.16. The molecule has 1 atom stereocenters. The Bertz CT molecular complexity index is 1030. The third kappa shape index (κ3) is 5.36. The lowest BCUT2D eigenvalue weighted by Crippen LogP contribution is -2.44. The quantitative estimate of drug-likeness (QED) is 0.718. The number of nitrogens with one attached hydrogen (secondary N) is 2. The number of rotatable bonds is 5. The van der Waals surface area contributed by atoms with Crippen molar-refractivity contribution in [3.05, 3.63) is 59.7 Å². The van der Waals surface area contributed by atoms with Crippen molar-refractivity contribution in [1.29, 1.82) is 0 Å². The molecule has 6 nitrogen and oxygen atoms in total. The molecule has 0 spiro atoms. The molecule has 1 aliphatic heterocycles. The molecule has 2 aromatic carbocycles. The third-order valence-corrected chi connectivity index (χ3v) is 5.17. The van der Waals surface area contributed by atoms with Crippen LogP contribution in [0.1, 0.15) is 17.5 Å². The summed E-state index contributed by atoms with van der Waals surface area (Å²) in [5.41, 5.74) is -0.0810. The number of hydrogen-bond donors (Lipinski definition) is 2. The van der Waals surface area contributed by atoms with Crippen molar-refractivity contribution in [2.75, 3.05) is 6.54 Å². The average molecular weight is 426 g/mol. The maximum atomic E-state index is 12.6. The van der Waals surface area contributed by atoms with E-state index in [4.69, 9.17) is 4.74 Å². The van der Waals surface area contributed by atoms with Crippen LogP contribution in [0.5, 0.6) is 11.5 Å². The fraction of sp³-hybridized carbons (Fsp3) is 0.263. The van der Waals surface area contributed by atoms with Gasteiger partial charge in [-0.25, -0.2) is 0 Å². The van der Waals surface area contributed by atoms with Crippen LogP contribution in [-0.4, -0.2) is 31.8 Å². The van der Waals surface area contributed by atoms with Crippen LogP contribution in [0, 0.1) is 0 Å². The molecule has 0 radical (unpaired) electrons. The molecule has 1 unspecified atom stereocenters. The summed E-state index contributed by atoms with van der Waals surface area (Å²) in [6, 6.07) is 10.1. The van der Waals surface area contributed by atoms with Crippen LogP contribution >= 0.6 is 0 Å². The van der Waals surface area contributed by atoms with E-state index in [9.17, 15) is 26.4 Å². The maximum Gasteiger partial charge on any atom is 0.416 e. The second kappa shape index (κ2) is 8.66. The summed E-state index contributed by atoms with van der Waals surface area (Å²) in [5, 5.41) is 5.50. The first-order valence-corrected chi connectivity index (χ1v) is 9.71. The first-order valence-electron chi connectivity index (χ1n) is 8.64. The second-order valence-corrected chi connectivity index (χ2v) is 7.32. The number of amides is 1. The Hall–Kier alpha value is -2.85. The largest absolute Gasteiger partial charge is 0.457 e. The van der Waals surface area contributed by atoms with Crippen LogP contribution in [-0.2, 0) is 27.8 Å². The van der Waals surface area contributed by atoms with Gasteiger partial charge in [-0.1, -0.05) is 12.1 Å². The minimum Gasteiger partial charge on any atom is -0.457 e. The smallest absolute Gasteiger partial charge is 0.416 e. The van der Waals surface area contributed by atoms with Gasteiger partial charge < -0.3 is 15.4 Å². The van der Waals surface area contributed by atoms with Gasteiger partial charge in [0, 0.05) is 13.1 Å². The molecule has 1 amide bonds. The molecule has 0 aliphatic carbocycles. The molecule has 154 valence electrons. The molecule has 1 fully saturated rings. The third-order valence-electron chi connectivity index (χ3n) is 4.30. The summed E-state index contributed by atoms with van der Waals surface area (Å²) in [5.74, 6) is 0.186. The van der Waals surface area contributed by atoms with E-state index in [1.807, 2.05) is 0 Å². The lowest BCUT2D eigenvalue weighted by molar-refractivity contribution is -0.137. The van der Waals surface area contributed by atoms with Gasteiger partial charge in [-0.3, -0.25) is 4.79 Å². The van der Waals surface area contributed by atoms with Crippen molar-refractivity contribution in [2.45, 2.75) is 25.2 Å².